The van der Waals surface area contributed by atoms with Crippen LogP contribution < -0.4 is 19.9 Å². The van der Waals surface area contributed by atoms with Crippen molar-refractivity contribution in [2.24, 2.45) is 11.7 Å². The Hall–Kier alpha value is -2.73. The number of ether oxygens (including phenoxy) is 2. The third-order valence-electron chi connectivity index (χ3n) is 4.95. The first kappa shape index (κ1) is 26.5. The summed E-state index contributed by atoms with van der Waals surface area (Å²) in [5.74, 6) is 6.24. The molecule has 0 spiro atoms. The number of aryl methyl sites for hydroxylation is 1. The average molecular weight is 493 g/mol. The maximum Gasteiger partial charge on any atom is 0.235 e. The zero-order valence-corrected chi connectivity index (χ0v) is 20.5. The molecule has 0 bridgehead atoms. The maximum atomic E-state index is 11.6. The van der Waals surface area contributed by atoms with E-state index in [0.29, 0.717) is 22.9 Å². The number of halogens is 1. The Bertz CT molecular complexity index is 1110. The van der Waals surface area contributed by atoms with E-state index in [9.17, 15) is 13.2 Å². The molecule has 0 radical (unpaired) electrons. The molecular formula is C24H29ClN2O5S. The summed E-state index contributed by atoms with van der Waals surface area (Å²) >= 11 is 5.87. The number of nitrogens with one attached hydrogen (secondary N) is 1. The standard InChI is InChI=1S/C24H29ClN2O5S/c1-17(23(24(26)28)27-33(3,29)30)6-4-7-19-11-14-21(22(16-19)31-2)32-15-5-8-18-9-12-20(25)13-10-18/h9-14,16-17,23,27H,4,6-7,15H2,1-3H3,(H2,26,28)/t17?,23-/m0/s1. The van der Waals surface area contributed by atoms with Crippen molar-refractivity contribution in [3.05, 3.63) is 58.6 Å². The highest BCUT2D eigenvalue weighted by Gasteiger charge is 2.25. The molecule has 0 aromatic heterocycles. The minimum absolute atomic E-state index is 0.206. The predicted molar refractivity (Wildman–Crippen MR) is 130 cm³/mol. The molecule has 0 saturated carbocycles. The Labute approximate surface area is 200 Å². The fraction of sp³-hybridized carbons (Fsp3) is 0.375. The fourth-order valence-corrected chi connectivity index (χ4v) is 4.19. The lowest BCUT2D eigenvalue weighted by atomic mass is 9.94. The quantitative estimate of drug-likeness (QED) is 0.468. The van der Waals surface area contributed by atoms with E-state index in [0.717, 1.165) is 30.2 Å². The molecule has 0 aliphatic carbocycles. The number of rotatable bonds is 11. The van der Waals surface area contributed by atoms with Crippen LogP contribution >= 0.6 is 11.6 Å². The Balaban J connectivity index is 1.91. The summed E-state index contributed by atoms with van der Waals surface area (Å²) in [7, 11) is -1.96. The van der Waals surface area contributed by atoms with Crippen LogP contribution in [0.2, 0.25) is 5.02 Å². The van der Waals surface area contributed by atoms with Gasteiger partial charge in [0.25, 0.3) is 0 Å². The molecule has 0 heterocycles. The Kier molecular flexibility index (Phi) is 10.0. The summed E-state index contributed by atoms with van der Waals surface area (Å²) in [6, 6.07) is 12.0. The molecule has 33 heavy (non-hydrogen) atoms. The fourth-order valence-electron chi connectivity index (χ4n) is 3.25. The molecule has 0 aliphatic heterocycles. The smallest absolute Gasteiger partial charge is 0.235 e. The van der Waals surface area contributed by atoms with Crippen molar-refractivity contribution >= 4 is 27.5 Å². The number of hydrogen-bond acceptors (Lipinski definition) is 5. The molecule has 2 aromatic rings. The first-order chi connectivity index (χ1) is 15.6. The van der Waals surface area contributed by atoms with Gasteiger partial charge in [0.15, 0.2) is 11.5 Å². The van der Waals surface area contributed by atoms with Crippen molar-refractivity contribution < 1.29 is 22.7 Å². The van der Waals surface area contributed by atoms with Gasteiger partial charge in [0, 0.05) is 10.6 Å². The van der Waals surface area contributed by atoms with Crippen LogP contribution in [0.1, 0.15) is 30.9 Å². The second-order valence-electron chi connectivity index (χ2n) is 7.72. The van der Waals surface area contributed by atoms with E-state index in [2.05, 4.69) is 16.6 Å². The Morgan fingerprint density at radius 2 is 1.88 bits per heavy atom. The maximum absolute atomic E-state index is 11.6. The van der Waals surface area contributed by atoms with E-state index in [1.807, 2.05) is 30.3 Å². The van der Waals surface area contributed by atoms with Crippen LogP contribution in [0.3, 0.4) is 0 Å². The van der Waals surface area contributed by atoms with Crippen LogP contribution in [0.15, 0.2) is 42.5 Å². The molecule has 0 fully saturated rings. The summed E-state index contributed by atoms with van der Waals surface area (Å²) in [6.07, 6.45) is 3.10. The first-order valence-corrected chi connectivity index (χ1v) is 12.7. The molecule has 0 aliphatic rings. The topological polar surface area (TPSA) is 108 Å². The van der Waals surface area contributed by atoms with Crippen LogP contribution in [0.5, 0.6) is 11.5 Å². The van der Waals surface area contributed by atoms with Crippen LogP contribution in [0, 0.1) is 17.8 Å². The number of sulfonamides is 1. The molecule has 3 N–H and O–H groups in total. The van der Waals surface area contributed by atoms with E-state index in [4.69, 9.17) is 26.8 Å². The summed E-state index contributed by atoms with van der Waals surface area (Å²) in [5, 5.41) is 0.661. The number of benzene rings is 2. The van der Waals surface area contributed by atoms with Crippen molar-refractivity contribution in [3.63, 3.8) is 0 Å². The van der Waals surface area contributed by atoms with Gasteiger partial charge in [-0.2, -0.15) is 0 Å². The number of hydrogen-bond donors (Lipinski definition) is 2. The van der Waals surface area contributed by atoms with Crippen molar-refractivity contribution in [2.45, 2.75) is 32.2 Å². The van der Waals surface area contributed by atoms with Crippen molar-refractivity contribution in [2.75, 3.05) is 20.0 Å². The highest BCUT2D eigenvalue weighted by Crippen LogP contribution is 2.29. The monoisotopic (exact) mass is 492 g/mol. The van der Waals surface area contributed by atoms with Gasteiger partial charge in [0.1, 0.15) is 12.6 Å². The summed E-state index contributed by atoms with van der Waals surface area (Å²) in [5.41, 5.74) is 7.24. The van der Waals surface area contributed by atoms with Gasteiger partial charge in [-0.1, -0.05) is 36.4 Å². The van der Waals surface area contributed by atoms with Gasteiger partial charge >= 0.3 is 0 Å². The van der Waals surface area contributed by atoms with Gasteiger partial charge in [-0.3, -0.25) is 4.79 Å². The third kappa shape index (κ3) is 9.34. The second kappa shape index (κ2) is 12.5. The van der Waals surface area contributed by atoms with Gasteiger partial charge < -0.3 is 15.2 Å². The van der Waals surface area contributed by atoms with Gasteiger partial charge in [-0.25, -0.2) is 13.1 Å². The number of primary amides is 1. The summed E-state index contributed by atoms with van der Waals surface area (Å²) < 4.78 is 36.4. The minimum Gasteiger partial charge on any atom is -0.493 e. The van der Waals surface area contributed by atoms with E-state index < -0.39 is 22.0 Å². The van der Waals surface area contributed by atoms with E-state index in [-0.39, 0.29) is 12.5 Å². The molecule has 0 saturated heterocycles. The van der Waals surface area contributed by atoms with Crippen molar-refractivity contribution in [1.29, 1.82) is 0 Å². The summed E-state index contributed by atoms with van der Waals surface area (Å²) in [4.78, 5) is 11.6. The largest absolute Gasteiger partial charge is 0.493 e. The molecular weight excluding hydrogens is 464 g/mol. The van der Waals surface area contributed by atoms with Crippen LogP contribution in [-0.2, 0) is 21.2 Å². The van der Waals surface area contributed by atoms with E-state index >= 15 is 0 Å². The minimum atomic E-state index is -3.53. The number of amides is 1. The molecule has 7 nitrogen and oxygen atoms in total. The number of methoxy groups -OCH3 is 1. The lowest BCUT2D eigenvalue weighted by Crippen LogP contribution is -2.48. The van der Waals surface area contributed by atoms with E-state index in [1.54, 1.807) is 26.2 Å². The highest BCUT2D eigenvalue weighted by atomic mass is 35.5. The average Bonchev–Trinajstić information content (AvgIpc) is 2.76. The molecule has 2 rings (SSSR count). The van der Waals surface area contributed by atoms with Crippen LogP contribution in [0.25, 0.3) is 0 Å². The molecule has 178 valence electrons. The van der Waals surface area contributed by atoms with Crippen molar-refractivity contribution in [1.82, 2.24) is 4.72 Å². The normalized spacial score (nSPS) is 12.8. The molecule has 1 unspecified atom stereocenters. The number of carbonyl (C=O) groups excluding carboxylic acids is 1. The van der Waals surface area contributed by atoms with Crippen molar-refractivity contribution in [3.8, 4) is 23.3 Å². The van der Waals surface area contributed by atoms with Gasteiger partial charge in [0.05, 0.1) is 13.4 Å². The van der Waals surface area contributed by atoms with E-state index in [1.165, 1.54) is 0 Å². The zero-order valence-electron chi connectivity index (χ0n) is 18.9. The van der Waals surface area contributed by atoms with Gasteiger partial charge in [-0.05, 0) is 67.1 Å². The SMILES string of the molecule is COc1cc(CCCC(C)[C@H](NS(C)(=O)=O)C(N)=O)ccc1OCC#Cc1ccc(Cl)cc1. The molecule has 2 aromatic carbocycles. The highest BCUT2D eigenvalue weighted by molar-refractivity contribution is 7.88. The van der Waals surface area contributed by atoms with Gasteiger partial charge in [-0.15, -0.1) is 0 Å². The molecule has 1 amide bonds. The lowest BCUT2D eigenvalue weighted by Gasteiger charge is -2.21. The first-order valence-electron chi connectivity index (χ1n) is 10.4. The predicted octanol–water partition coefficient (Wildman–Crippen LogP) is 3.14. The van der Waals surface area contributed by atoms with Crippen LogP contribution in [-0.4, -0.2) is 40.3 Å². The number of nitrogens with two attached hydrogens (primary N) is 1. The van der Waals surface area contributed by atoms with Gasteiger partial charge in [0.2, 0.25) is 15.9 Å². The Morgan fingerprint density at radius 3 is 2.48 bits per heavy atom. The second-order valence-corrected chi connectivity index (χ2v) is 9.94. The number of carbonyl (C=O) groups is 1. The molecule has 2 atom stereocenters. The lowest BCUT2D eigenvalue weighted by molar-refractivity contribution is -0.120. The summed E-state index contributed by atoms with van der Waals surface area (Å²) in [6.45, 7) is 2.01. The molecule has 9 heteroatoms. The zero-order chi connectivity index (χ0) is 24.4. The van der Waals surface area contributed by atoms with Crippen LogP contribution in [0.4, 0.5) is 0 Å². The third-order valence-corrected chi connectivity index (χ3v) is 5.88. The Morgan fingerprint density at radius 1 is 1.18 bits per heavy atom.